The van der Waals surface area contributed by atoms with Gasteiger partial charge in [0.15, 0.2) is 0 Å². The van der Waals surface area contributed by atoms with Crippen molar-refractivity contribution in [2.75, 3.05) is 5.73 Å². The fourth-order valence-corrected chi connectivity index (χ4v) is 2.21. The SMILES string of the molecule is Cc1cccc(Cn2cnc3cc(N)ccc32)c1. The van der Waals surface area contributed by atoms with Crippen LogP contribution in [-0.2, 0) is 6.54 Å². The maximum Gasteiger partial charge on any atom is 0.0961 e. The summed E-state index contributed by atoms with van der Waals surface area (Å²) in [5.74, 6) is 0. The molecule has 0 fully saturated rings. The highest BCUT2D eigenvalue weighted by Gasteiger charge is 2.03. The van der Waals surface area contributed by atoms with Crippen molar-refractivity contribution in [3.05, 3.63) is 59.9 Å². The van der Waals surface area contributed by atoms with Crippen LogP contribution in [-0.4, -0.2) is 9.55 Å². The third-order valence-corrected chi connectivity index (χ3v) is 3.08. The van der Waals surface area contributed by atoms with Crippen LogP contribution in [0.15, 0.2) is 48.8 Å². The maximum absolute atomic E-state index is 5.76. The molecule has 1 heterocycles. The molecule has 2 N–H and O–H groups in total. The Bertz CT molecular complexity index is 698. The number of aromatic nitrogens is 2. The topological polar surface area (TPSA) is 43.8 Å². The first-order valence-electron chi connectivity index (χ1n) is 5.98. The summed E-state index contributed by atoms with van der Waals surface area (Å²) in [4.78, 5) is 4.38. The third-order valence-electron chi connectivity index (χ3n) is 3.08. The standard InChI is InChI=1S/C15H15N3/c1-11-3-2-4-12(7-11)9-18-10-17-14-8-13(16)5-6-15(14)18/h2-8,10H,9,16H2,1H3. The Morgan fingerprint density at radius 2 is 2.06 bits per heavy atom. The molecule has 0 bridgehead atoms. The van der Waals surface area contributed by atoms with E-state index in [4.69, 9.17) is 5.73 Å². The van der Waals surface area contributed by atoms with Gasteiger partial charge in [0.2, 0.25) is 0 Å². The van der Waals surface area contributed by atoms with Crippen LogP contribution in [0.4, 0.5) is 5.69 Å². The summed E-state index contributed by atoms with van der Waals surface area (Å²) in [6, 6.07) is 14.4. The largest absolute Gasteiger partial charge is 0.399 e. The number of fused-ring (bicyclic) bond motifs is 1. The molecule has 3 nitrogen and oxygen atoms in total. The van der Waals surface area contributed by atoms with E-state index in [1.165, 1.54) is 11.1 Å². The molecule has 3 aromatic rings. The second-order valence-electron chi connectivity index (χ2n) is 4.61. The van der Waals surface area contributed by atoms with Crippen LogP contribution in [0.3, 0.4) is 0 Å². The van der Waals surface area contributed by atoms with Crippen LogP contribution >= 0.6 is 0 Å². The molecule has 1 aromatic heterocycles. The summed E-state index contributed by atoms with van der Waals surface area (Å²) in [7, 11) is 0. The lowest BCUT2D eigenvalue weighted by Crippen LogP contribution is -1.98. The molecule has 0 unspecified atom stereocenters. The number of nitrogens with two attached hydrogens (primary N) is 1. The third kappa shape index (κ3) is 1.95. The Hall–Kier alpha value is -2.29. The van der Waals surface area contributed by atoms with Crippen molar-refractivity contribution in [2.45, 2.75) is 13.5 Å². The number of hydrogen-bond acceptors (Lipinski definition) is 2. The minimum atomic E-state index is 0.753. The lowest BCUT2D eigenvalue weighted by Gasteiger charge is -2.05. The van der Waals surface area contributed by atoms with Crippen molar-refractivity contribution in [3.8, 4) is 0 Å². The van der Waals surface area contributed by atoms with Crippen molar-refractivity contribution in [3.63, 3.8) is 0 Å². The van der Waals surface area contributed by atoms with E-state index in [0.717, 1.165) is 23.3 Å². The summed E-state index contributed by atoms with van der Waals surface area (Å²) in [6.07, 6.45) is 1.87. The first-order chi connectivity index (χ1) is 8.72. The van der Waals surface area contributed by atoms with Crippen molar-refractivity contribution in [1.29, 1.82) is 0 Å². The molecule has 0 spiro atoms. The number of anilines is 1. The number of imidazole rings is 1. The van der Waals surface area contributed by atoms with E-state index in [2.05, 4.69) is 40.7 Å². The summed E-state index contributed by atoms with van der Waals surface area (Å²) in [6.45, 7) is 2.94. The second-order valence-corrected chi connectivity index (χ2v) is 4.61. The smallest absolute Gasteiger partial charge is 0.0961 e. The molecule has 0 radical (unpaired) electrons. The number of benzene rings is 2. The minimum absolute atomic E-state index is 0.753. The average molecular weight is 237 g/mol. The number of hydrogen-bond donors (Lipinski definition) is 1. The molecule has 3 rings (SSSR count). The van der Waals surface area contributed by atoms with Gasteiger partial charge in [0.25, 0.3) is 0 Å². The van der Waals surface area contributed by atoms with Crippen LogP contribution in [0.25, 0.3) is 11.0 Å². The molecule has 0 aliphatic rings. The van der Waals surface area contributed by atoms with Gasteiger partial charge in [0.1, 0.15) is 0 Å². The van der Waals surface area contributed by atoms with Gasteiger partial charge in [-0.1, -0.05) is 29.8 Å². The molecule has 0 atom stereocenters. The van der Waals surface area contributed by atoms with Gasteiger partial charge in [0, 0.05) is 12.2 Å². The van der Waals surface area contributed by atoms with E-state index >= 15 is 0 Å². The highest BCUT2D eigenvalue weighted by molar-refractivity contribution is 5.79. The van der Waals surface area contributed by atoms with Crippen LogP contribution < -0.4 is 5.73 Å². The van der Waals surface area contributed by atoms with Gasteiger partial charge in [0.05, 0.1) is 17.4 Å². The summed E-state index contributed by atoms with van der Waals surface area (Å²) in [5, 5.41) is 0. The second kappa shape index (κ2) is 4.18. The molecular weight excluding hydrogens is 222 g/mol. The fraction of sp³-hybridized carbons (Fsp3) is 0.133. The average Bonchev–Trinajstić information content (AvgIpc) is 2.72. The quantitative estimate of drug-likeness (QED) is 0.696. The molecular formula is C15H15N3. The Kier molecular flexibility index (Phi) is 2.52. The molecule has 2 aromatic carbocycles. The monoisotopic (exact) mass is 237 g/mol. The summed E-state index contributed by atoms with van der Waals surface area (Å²) < 4.78 is 2.14. The van der Waals surface area contributed by atoms with Crippen LogP contribution in [0.5, 0.6) is 0 Å². The van der Waals surface area contributed by atoms with E-state index in [-0.39, 0.29) is 0 Å². The van der Waals surface area contributed by atoms with Gasteiger partial charge in [-0.15, -0.1) is 0 Å². The van der Waals surface area contributed by atoms with Crippen LogP contribution in [0, 0.1) is 6.92 Å². The number of rotatable bonds is 2. The van der Waals surface area contributed by atoms with Crippen molar-refractivity contribution >= 4 is 16.7 Å². The minimum Gasteiger partial charge on any atom is -0.399 e. The van der Waals surface area contributed by atoms with E-state index in [1.54, 1.807) is 0 Å². The molecule has 0 saturated heterocycles. The van der Waals surface area contributed by atoms with Gasteiger partial charge < -0.3 is 10.3 Å². The molecule has 90 valence electrons. The van der Waals surface area contributed by atoms with Crippen molar-refractivity contribution in [1.82, 2.24) is 9.55 Å². The predicted octanol–water partition coefficient (Wildman–Crippen LogP) is 2.98. The van der Waals surface area contributed by atoms with E-state index in [0.29, 0.717) is 0 Å². The lowest BCUT2D eigenvalue weighted by molar-refractivity contribution is 0.823. The zero-order chi connectivity index (χ0) is 12.5. The number of aryl methyl sites for hydroxylation is 1. The van der Waals surface area contributed by atoms with Gasteiger partial charge in [-0.25, -0.2) is 4.98 Å². The molecule has 3 heteroatoms. The zero-order valence-corrected chi connectivity index (χ0v) is 10.3. The molecule has 18 heavy (non-hydrogen) atoms. The molecule has 0 saturated carbocycles. The molecule has 0 aliphatic heterocycles. The van der Waals surface area contributed by atoms with Crippen LogP contribution in [0.1, 0.15) is 11.1 Å². The Morgan fingerprint density at radius 1 is 1.17 bits per heavy atom. The maximum atomic E-state index is 5.76. The normalized spacial score (nSPS) is 10.9. The molecule has 0 amide bonds. The Morgan fingerprint density at radius 3 is 2.89 bits per heavy atom. The predicted molar refractivity (Wildman–Crippen MR) is 74.4 cm³/mol. The first-order valence-corrected chi connectivity index (χ1v) is 5.98. The fourth-order valence-electron chi connectivity index (χ4n) is 2.21. The van der Waals surface area contributed by atoms with E-state index in [9.17, 15) is 0 Å². The summed E-state index contributed by atoms with van der Waals surface area (Å²) >= 11 is 0. The van der Waals surface area contributed by atoms with Gasteiger partial charge in [-0.05, 0) is 30.7 Å². The molecule has 0 aliphatic carbocycles. The highest BCUT2D eigenvalue weighted by Crippen LogP contribution is 2.17. The summed E-state index contributed by atoms with van der Waals surface area (Å²) in [5.41, 5.74) is 11.1. The van der Waals surface area contributed by atoms with Crippen LogP contribution in [0.2, 0.25) is 0 Å². The van der Waals surface area contributed by atoms with Crippen molar-refractivity contribution < 1.29 is 0 Å². The van der Waals surface area contributed by atoms with Gasteiger partial charge in [-0.2, -0.15) is 0 Å². The number of nitrogens with zero attached hydrogens (tertiary/aromatic N) is 2. The highest BCUT2D eigenvalue weighted by atomic mass is 15.0. The Labute approximate surface area is 106 Å². The first kappa shape index (κ1) is 10.8. The van der Waals surface area contributed by atoms with Gasteiger partial charge in [-0.3, -0.25) is 0 Å². The van der Waals surface area contributed by atoms with Crippen molar-refractivity contribution in [2.24, 2.45) is 0 Å². The van der Waals surface area contributed by atoms with E-state index in [1.807, 2.05) is 24.5 Å². The van der Waals surface area contributed by atoms with E-state index < -0.39 is 0 Å². The Balaban J connectivity index is 2.00. The lowest BCUT2D eigenvalue weighted by atomic mass is 10.1. The zero-order valence-electron chi connectivity index (χ0n) is 10.3. The van der Waals surface area contributed by atoms with Gasteiger partial charge >= 0.3 is 0 Å². The number of nitrogen functional groups attached to an aromatic ring is 1.